The fraction of sp³-hybridized carbons (Fsp3) is 0.214. The summed E-state index contributed by atoms with van der Waals surface area (Å²) in [6.45, 7) is 4.14. The van der Waals surface area contributed by atoms with Gasteiger partial charge >= 0.3 is 5.97 Å². The van der Waals surface area contributed by atoms with E-state index in [0.717, 1.165) is 11.3 Å². The van der Waals surface area contributed by atoms with Gasteiger partial charge in [0.15, 0.2) is 5.82 Å². The maximum Gasteiger partial charge on any atom is 0.335 e. The highest BCUT2D eigenvalue weighted by atomic mass is 16.4. The number of hydrogen-bond acceptors (Lipinski definition) is 3. The third kappa shape index (κ3) is 2.53. The lowest BCUT2D eigenvalue weighted by Gasteiger charge is -2.06. The van der Waals surface area contributed by atoms with Crippen molar-refractivity contribution in [3.63, 3.8) is 0 Å². The summed E-state index contributed by atoms with van der Waals surface area (Å²) in [5.74, 6) is 0.0292. The second-order valence-corrected chi connectivity index (χ2v) is 4.34. The second kappa shape index (κ2) is 4.96. The first-order chi connectivity index (χ1) is 8.58. The summed E-state index contributed by atoms with van der Waals surface area (Å²) in [4.78, 5) is 19.4. The summed E-state index contributed by atoms with van der Waals surface area (Å²) < 4.78 is 0. The van der Waals surface area contributed by atoms with E-state index in [1.807, 2.05) is 6.07 Å². The lowest BCUT2D eigenvalue weighted by atomic mass is 10.1. The molecule has 0 unspecified atom stereocenters. The molecular weight excluding hydrogens is 228 g/mol. The van der Waals surface area contributed by atoms with Gasteiger partial charge in [-0.1, -0.05) is 26.0 Å². The topological polar surface area (TPSA) is 63.1 Å². The molecule has 92 valence electrons. The van der Waals surface area contributed by atoms with Crippen molar-refractivity contribution in [3.05, 3.63) is 47.8 Å². The molecular formula is C14H14N2O2. The average Bonchev–Trinajstić information content (AvgIpc) is 2.39. The molecule has 0 saturated heterocycles. The summed E-state index contributed by atoms with van der Waals surface area (Å²) in [5.41, 5.74) is 2.06. The van der Waals surface area contributed by atoms with Crippen LogP contribution in [0.2, 0.25) is 0 Å². The van der Waals surface area contributed by atoms with Gasteiger partial charge in [-0.05, 0) is 24.1 Å². The number of carbonyl (C=O) groups is 1. The van der Waals surface area contributed by atoms with Crippen LogP contribution in [-0.2, 0) is 0 Å². The van der Waals surface area contributed by atoms with Crippen LogP contribution in [0.4, 0.5) is 0 Å². The number of carboxylic acids is 1. The van der Waals surface area contributed by atoms with Crippen LogP contribution in [-0.4, -0.2) is 21.0 Å². The molecule has 18 heavy (non-hydrogen) atoms. The molecule has 0 radical (unpaired) electrons. The summed E-state index contributed by atoms with van der Waals surface area (Å²) in [7, 11) is 0. The molecule has 4 heteroatoms. The van der Waals surface area contributed by atoms with Gasteiger partial charge in [0.1, 0.15) is 0 Å². The molecule has 0 saturated carbocycles. The zero-order valence-corrected chi connectivity index (χ0v) is 10.3. The zero-order chi connectivity index (χ0) is 13.1. The van der Waals surface area contributed by atoms with Crippen molar-refractivity contribution in [2.75, 3.05) is 0 Å². The molecule has 1 aromatic carbocycles. The van der Waals surface area contributed by atoms with Gasteiger partial charge in [0.05, 0.1) is 5.56 Å². The van der Waals surface area contributed by atoms with E-state index in [2.05, 4.69) is 23.8 Å². The van der Waals surface area contributed by atoms with Gasteiger partial charge in [0.2, 0.25) is 0 Å². The van der Waals surface area contributed by atoms with Crippen LogP contribution >= 0.6 is 0 Å². The standard InChI is InChI=1S/C14H14N2O2/c1-9(2)12-7-8-15-13(16-12)10-3-5-11(6-4-10)14(17)18/h3-9H,1-2H3,(H,17,18). The number of nitrogens with zero attached hydrogens (tertiary/aromatic N) is 2. The highest BCUT2D eigenvalue weighted by Crippen LogP contribution is 2.18. The first kappa shape index (κ1) is 12.2. The van der Waals surface area contributed by atoms with Crippen molar-refractivity contribution in [2.24, 2.45) is 0 Å². The number of aromatic carboxylic acids is 1. The smallest absolute Gasteiger partial charge is 0.335 e. The summed E-state index contributed by atoms with van der Waals surface area (Å²) >= 11 is 0. The predicted octanol–water partition coefficient (Wildman–Crippen LogP) is 2.97. The van der Waals surface area contributed by atoms with Gasteiger partial charge in [-0.25, -0.2) is 14.8 Å². The number of hydrogen-bond donors (Lipinski definition) is 1. The Morgan fingerprint density at radius 1 is 1.17 bits per heavy atom. The van der Waals surface area contributed by atoms with Crippen molar-refractivity contribution < 1.29 is 9.90 Å². The molecule has 0 spiro atoms. The van der Waals surface area contributed by atoms with Gasteiger partial charge in [0.25, 0.3) is 0 Å². The summed E-state index contributed by atoms with van der Waals surface area (Å²) in [6, 6.07) is 8.46. The Balaban J connectivity index is 2.36. The third-order valence-corrected chi connectivity index (χ3v) is 2.66. The summed E-state index contributed by atoms with van der Waals surface area (Å²) in [6.07, 6.45) is 1.72. The van der Waals surface area contributed by atoms with Crippen LogP contribution in [0.3, 0.4) is 0 Å². The molecule has 0 atom stereocenters. The highest BCUT2D eigenvalue weighted by molar-refractivity contribution is 5.88. The normalized spacial score (nSPS) is 10.6. The second-order valence-electron chi connectivity index (χ2n) is 4.34. The van der Waals surface area contributed by atoms with Crippen molar-refractivity contribution in [1.82, 2.24) is 9.97 Å². The lowest BCUT2D eigenvalue weighted by Crippen LogP contribution is -1.98. The van der Waals surface area contributed by atoms with Crippen molar-refractivity contribution in [2.45, 2.75) is 19.8 Å². The Morgan fingerprint density at radius 2 is 1.83 bits per heavy atom. The van der Waals surface area contributed by atoms with Gasteiger partial charge in [-0.3, -0.25) is 0 Å². The molecule has 1 aromatic heterocycles. The molecule has 4 nitrogen and oxygen atoms in total. The van der Waals surface area contributed by atoms with Gasteiger partial charge in [-0.2, -0.15) is 0 Å². The minimum absolute atomic E-state index is 0.263. The molecule has 0 aliphatic carbocycles. The number of carboxylic acid groups (broad SMARTS) is 1. The Hall–Kier alpha value is -2.23. The molecule has 2 aromatic rings. The SMILES string of the molecule is CC(C)c1ccnc(-c2ccc(C(=O)O)cc2)n1. The molecule has 0 aliphatic rings. The van der Waals surface area contributed by atoms with Crippen LogP contribution in [0.15, 0.2) is 36.5 Å². The minimum atomic E-state index is -0.932. The van der Waals surface area contributed by atoms with E-state index in [9.17, 15) is 4.79 Å². The van der Waals surface area contributed by atoms with Crippen LogP contribution < -0.4 is 0 Å². The van der Waals surface area contributed by atoms with Crippen LogP contribution in [0, 0.1) is 0 Å². The van der Waals surface area contributed by atoms with Gasteiger partial charge in [0, 0.05) is 17.5 Å². The van der Waals surface area contributed by atoms with E-state index in [4.69, 9.17) is 5.11 Å². The molecule has 0 fully saturated rings. The first-order valence-electron chi connectivity index (χ1n) is 5.74. The highest BCUT2D eigenvalue weighted by Gasteiger charge is 2.07. The first-order valence-corrected chi connectivity index (χ1v) is 5.74. The van der Waals surface area contributed by atoms with E-state index in [-0.39, 0.29) is 5.56 Å². The lowest BCUT2D eigenvalue weighted by molar-refractivity contribution is 0.0697. The van der Waals surface area contributed by atoms with Gasteiger partial charge in [-0.15, -0.1) is 0 Å². The minimum Gasteiger partial charge on any atom is -0.478 e. The van der Waals surface area contributed by atoms with Crippen LogP contribution in [0.1, 0.15) is 35.8 Å². The zero-order valence-electron chi connectivity index (χ0n) is 10.3. The van der Waals surface area contributed by atoms with Crippen molar-refractivity contribution in [3.8, 4) is 11.4 Å². The number of benzene rings is 1. The molecule has 0 aliphatic heterocycles. The molecule has 0 amide bonds. The van der Waals surface area contributed by atoms with Crippen LogP contribution in [0.5, 0.6) is 0 Å². The number of rotatable bonds is 3. The summed E-state index contributed by atoms with van der Waals surface area (Å²) in [5, 5.41) is 8.83. The van der Waals surface area contributed by atoms with Crippen molar-refractivity contribution >= 4 is 5.97 Å². The fourth-order valence-electron chi connectivity index (χ4n) is 1.60. The maximum absolute atomic E-state index is 10.8. The molecule has 2 rings (SSSR count). The van der Waals surface area contributed by atoms with E-state index >= 15 is 0 Å². The largest absolute Gasteiger partial charge is 0.478 e. The third-order valence-electron chi connectivity index (χ3n) is 2.66. The van der Waals surface area contributed by atoms with E-state index < -0.39 is 5.97 Å². The van der Waals surface area contributed by atoms with Crippen molar-refractivity contribution in [1.29, 1.82) is 0 Å². The number of aromatic nitrogens is 2. The predicted molar refractivity (Wildman–Crippen MR) is 68.5 cm³/mol. The van der Waals surface area contributed by atoms with E-state index in [1.165, 1.54) is 0 Å². The quantitative estimate of drug-likeness (QED) is 0.898. The van der Waals surface area contributed by atoms with Gasteiger partial charge < -0.3 is 5.11 Å². The molecule has 1 N–H and O–H groups in total. The Kier molecular flexibility index (Phi) is 3.37. The Morgan fingerprint density at radius 3 is 2.39 bits per heavy atom. The monoisotopic (exact) mass is 242 g/mol. The Bertz CT molecular complexity index is 562. The molecule has 0 bridgehead atoms. The van der Waals surface area contributed by atoms with E-state index in [1.54, 1.807) is 30.5 Å². The maximum atomic E-state index is 10.8. The Labute approximate surface area is 105 Å². The average molecular weight is 242 g/mol. The fourth-order valence-corrected chi connectivity index (χ4v) is 1.60. The molecule has 1 heterocycles. The van der Waals surface area contributed by atoms with Crippen LogP contribution in [0.25, 0.3) is 11.4 Å². The van der Waals surface area contributed by atoms with E-state index in [0.29, 0.717) is 11.7 Å².